The van der Waals surface area contributed by atoms with Crippen LogP contribution >= 0.6 is 12.6 Å². The number of unbranched alkanes of at least 4 members (excludes halogenated alkanes) is 6. The highest BCUT2D eigenvalue weighted by molar-refractivity contribution is 7.80. The number of aryl methyl sites for hydroxylation is 1. The van der Waals surface area contributed by atoms with Crippen LogP contribution in [0, 0.1) is 12.8 Å². The summed E-state index contributed by atoms with van der Waals surface area (Å²) in [7, 11) is 0. The van der Waals surface area contributed by atoms with Gasteiger partial charge in [-0.05, 0) is 54.6 Å². The maximum absolute atomic E-state index is 4.05. The molecular weight excluding hydrogens is 464 g/mol. The van der Waals surface area contributed by atoms with Gasteiger partial charge in [0.15, 0.2) is 0 Å². The smallest absolute Gasteiger partial charge is 0.00979 e. The molecule has 0 aromatic heterocycles. The Morgan fingerprint density at radius 1 is 0.730 bits per heavy atom. The van der Waals surface area contributed by atoms with E-state index in [1.54, 1.807) is 0 Å². The third kappa shape index (κ3) is 31.2. The Morgan fingerprint density at radius 2 is 1.24 bits per heavy atom. The summed E-state index contributed by atoms with van der Waals surface area (Å²) in [5.74, 6) is 2.08. The summed E-state index contributed by atoms with van der Waals surface area (Å²) in [6.07, 6.45) is 23.1. The molecule has 0 atom stereocenters. The van der Waals surface area contributed by atoms with Crippen LogP contribution in [0.15, 0.2) is 43.0 Å². The van der Waals surface area contributed by atoms with Crippen LogP contribution in [0.1, 0.15) is 163 Å². The average Bonchev–Trinajstić information content (AvgIpc) is 2.94. The Morgan fingerprint density at radius 3 is 1.65 bits per heavy atom. The van der Waals surface area contributed by atoms with Gasteiger partial charge in [0.2, 0.25) is 0 Å². The lowest BCUT2D eigenvalue weighted by molar-refractivity contribution is 0.398. The van der Waals surface area contributed by atoms with E-state index < -0.39 is 0 Å². The van der Waals surface area contributed by atoms with E-state index in [9.17, 15) is 0 Å². The number of allylic oxidation sites excluding steroid dienone is 3. The van der Waals surface area contributed by atoms with Crippen molar-refractivity contribution >= 4 is 18.2 Å². The first-order valence-electron chi connectivity index (χ1n) is 16.0. The number of thiol groups is 1. The molecule has 0 bridgehead atoms. The van der Waals surface area contributed by atoms with E-state index in [1.165, 1.54) is 100 Å². The van der Waals surface area contributed by atoms with Gasteiger partial charge in [-0.1, -0.05) is 176 Å². The van der Waals surface area contributed by atoms with Gasteiger partial charge in [0, 0.05) is 0 Å². The number of rotatable bonds is 16. The van der Waals surface area contributed by atoms with Crippen molar-refractivity contribution in [3.05, 3.63) is 54.1 Å². The van der Waals surface area contributed by atoms with Crippen molar-refractivity contribution in [1.82, 2.24) is 0 Å². The van der Waals surface area contributed by atoms with Crippen LogP contribution in [0.3, 0.4) is 0 Å². The second-order valence-electron chi connectivity index (χ2n) is 9.19. The molecule has 0 aliphatic carbocycles. The summed E-state index contributed by atoms with van der Waals surface area (Å²) in [6, 6.07) is 8.49. The molecule has 0 aliphatic heterocycles. The van der Waals surface area contributed by atoms with Gasteiger partial charge >= 0.3 is 0 Å². The van der Waals surface area contributed by atoms with E-state index in [1.807, 2.05) is 33.8 Å². The van der Waals surface area contributed by atoms with E-state index in [0.717, 1.165) is 18.1 Å². The largest absolute Gasteiger partial charge is 0.179 e. The molecule has 0 unspecified atom stereocenters. The van der Waals surface area contributed by atoms with Crippen molar-refractivity contribution in [1.29, 1.82) is 0 Å². The van der Waals surface area contributed by atoms with Crippen molar-refractivity contribution in [3.63, 3.8) is 0 Å². The monoisotopic (exact) mass is 535 g/mol. The first-order valence-corrected chi connectivity index (χ1v) is 16.7. The summed E-state index contributed by atoms with van der Waals surface area (Å²) in [6.45, 7) is 25.4. The van der Waals surface area contributed by atoms with Crippen LogP contribution in [0.25, 0.3) is 5.57 Å². The normalized spacial score (nSPS) is 10.0. The van der Waals surface area contributed by atoms with Gasteiger partial charge in [0.05, 0.1) is 0 Å². The summed E-state index contributed by atoms with van der Waals surface area (Å²) in [4.78, 5) is 0. The molecule has 0 spiro atoms. The molecule has 0 nitrogen and oxygen atoms in total. The predicted molar refractivity (Wildman–Crippen MR) is 182 cm³/mol. The molecule has 1 heteroatoms. The van der Waals surface area contributed by atoms with Gasteiger partial charge < -0.3 is 0 Å². The third-order valence-corrected chi connectivity index (χ3v) is 6.29. The second-order valence-corrected chi connectivity index (χ2v) is 9.64. The summed E-state index contributed by atoms with van der Waals surface area (Å²) >= 11 is 4.05. The van der Waals surface area contributed by atoms with Gasteiger partial charge in [-0.25, -0.2) is 0 Å². The zero-order valence-electron chi connectivity index (χ0n) is 27.3. The minimum Gasteiger partial charge on any atom is -0.179 e. The fraction of sp³-hybridized carbons (Fsp3) is 0.722. The predicted octanol–water partition coefficient (Wildman–Crippen LogP) is 13.7. The zero-order chi connectivity index (χ0) is 29.2. The highest BCUT2D eigenvalue weighted by Crippen LogP contribution is 2.21. The maximum Gasteiger partial charge on any atom is -0.00979 e. The standard InChI is InChI=1S/C16H22.C11H24.C5H12S.2C2H6/c1-4-6-7-8-12-15(5-2)16-13-10-9-11-14(16)3;1-4-7-10-11(8-5-2)9-6-3;1-2-3-4-5-6;2*1-2/h5,9-13H,2,4,6-8H2,1,3H3;11H,4-10H2,1-3H3;6H,2-5H2,1H3;2*1-2H3/b15-12-;;;;. The number of hydrogen-bond donors (Lipinski definition) is 1. The van der Waals surface area contributed by atoms with E-state index in [0.29, 0.717) is 0 Å². The molecule has 0 saturated heterocycles. The highest BCUT2D eigenvalue weighted by Gasteiger charge is 2.04. The van der Waals surface area contributed by atoms with Gasteiger partial charge in [0.1, 0.15) is 0 Å². The van der Waals surface area contributed by atoms with Crippen molar-refractivity contribution in [2.45, 2.75) is 159 Å². The fourth-order valence-corrected chi connectivity index (χ4v) is 4.18. The molecule has 0 saturated carbocycles. The second kappa shape index (κ2) is 39.6. The van der Waals surface area contributed by atoms with E-state index in [2.05, 4.69) is 91.1 Å². The van der Waals surface area contributed by atoms with Gasteiger partial charge in [0.25, 0.3) is 0 Å². The molecule has 1 aromatic carbocycles. The van der Waals surface area contributed by atoms with Gasteiger partial charge in [-0.15, -0.1) is 0 Å². The van der Waals surface area contributed by atoms with Crippen molar-refractivity contribution in [2.75, 3.05) is 5.75 Å². The van der Waals surface area contributed by atoms with Crippen molar-refractivity contribution < 1.29 is 0 Å². The van der Waals surface area contributed by atoms with Crippen LogP contribution in [-0.2, 0) is 0 Å². The highest BCUT2D eigenvalue weighted by atomic mass is 32.1. The van der Waals surface area contributed by atoms with Crippen LogP contribution in [0.2, 0.25) is 0 Å². The molecule has 0 N–H and O–H groups in total. The fourth-order valence-electron chi connectivity index (χ4n) is 3.96. The maximum atomic E-state index is 4.05. The first-order chi connectivity index (χ1) is 18.1. The van der Waals surface area contributed by atoms with Gasteiger partial charge in [-0.3, -0.25) is 0 Å². The molecule has 0 heterocycles. The topological polar surface area (TPSA) is 0 Å². The molecular formula is C36H70S. The Bertz CT molecular complexity index is 548. The molecule has 1 rings (SSSR count). The Balaban J connectivity index is -0.000000225. The first kappa shape index (κ1) is 43.1. The van der Waals surface area contributed by atoms with Crippen molar-refractivity contribution in [2.24, 2.45) is 5.92 Å². The summed E-state index contributed by atoms with van der Waals surface area (Å²) in [5.41, 5.74) is 3.91. The molecule has 0 fully saturated rings. The number of hydrogen-bond acceptors (Lipinski definition) is 1. The molecule has 37 heavy (non-hydrogen) atoms. The molecule has 0 radical (unpaired) electrons. The molecule has 0 aliphatic rings. The van der Waals surface area contributed by atoms with Crippen LogP contribution in [0.4, 0.5) is 0 Å². The Hall–Kier alpha value is -0.950. The lowest BCUT2D eigenvalue weighted by Gasteiger charge is -2.13. The average molecular weight is 535 g/mol. The summed E-state index contributed by atoms with van der Waals surface area (Å²) < 4.78 is 0. The molecule has 220 valence electrons. The van der Waals surface area contributed by atoms with Crippen LogP contribution < -0.4 is 0 Å². The molecule has 1 aromatic rings. The number of benzene rings is 1. The lowest BCUT2D eigenvalue weighted by atomic mass is 9.93. The minimum absolute atomic E-state index is 1.03. The Kier molecular flexibility index (Phi) is 46.1. The Labute approximate surface area is 242 Å². The zero-order valence-corrected chi connectivity index (χ0v) is 28.2. The summed E-state index contributed by atoms with van der Waals surface area (Å²) in [5, 5.41) is 0. The van der Waals surface area contributed by atoms with Crippen LogP contribution in [-0.4, -0.2) is 5.75 Å². The lowest BCUT2D eigenvalue weighted by Crippen LogP contribution is -1.99. The van der Waals surface area contributed by atoms with E-state index in [-0.39, 0.29) is 0 Å². The minimum atomic E-state index is 1.03. The van der Waals surface area contributed by atoms with Gasteiger partial charge in [-0.2, -0.15) is 12.6 Å². The third-order valence-electron chi connectivity index (χ3n) is 5.97. The van der Waals surface area contributed by atoms with E-state index >= 15 is 0 Å². The van der Waals surface area contributed by atoms with E-state index in [4.69, 9.17) is 0 Å². The molecule has 0 amide bonds. The van der Waals surface area contributed by atoms with Crippen LogP contribution in [0.5, 0.6) is 0 Å². The van der Waals surface area contributed by atoms with Crippen molar-refractivity contribution in [3.8, 4) is 0 Å². The SMILES string of the molecule is C=C/C(=C/CCCCC)c1ccccc1C.CC.CC.CCCCC(CCC)CCC.CCCCCS. The quantitative estimate of drug-likeness (QED) is 0.122.